The van der Waals surface area contributed by atoms with Gasteiger partial charge in [-0.3, -0.25) is 4.79 Å². The van der Waals surface area contributed by atoms with Gasteiger partial charge in [-0.25, -0.2) is 0 Å². The third-order valence-corrected chi connectivity index (χ3v) is 5.34. The van der Waals surface area contributed by atoms with Gasteiger partial charge >= 0.3 is 0 Å². The van der Waals surface area contributed by atoms with Crippen LogP contribution in [0.3, 0.4) is 0 Å². The summed E-state index contributed by atoms with van der Waals surface area (Å²) >= 11 is 1.69. The average molecular weight is 234 g/mol. The maximum absolute atomic E-state index is 12.2. The molecule has 3 atom stereocenters. The fourth-order valence-corrected chi connectivity index (χ4v) is 4.37. The summed E-state index contributed by atoms with van der Waals surface area (Å²) in [6.45, 7) is 2.05. The molecule has 0 amide bonds. The lowest BCUT2D eigenvalue weighted by molar-refractivity contribution is 0.0944. The predicted octanol–water partition coefficient (Wildman–Crippen LogP) is 4.07. The van der Waals surface area contributed by atoms with E-state index in [-0.39, 0.29) is 0 Å². The van der Waals surface area contributed by atoms with Crippen molar-refractivity contribution in [3.63, 3.8) is 0 Å². The van der Waals surface area contributed by atoms with E-state index < -0.39 is 0 Å². The van der Waals surface area contributed by atoms with Gasteiger partial charge in [0.2, 0.25) is 0 Å². The second-order valence-corrected chi connectivity index (χ2v) is 6.57. The normalized spacial score (nSPS) is 32.2. The summed E-state index contributed by atoms with van der Waals surface area (Å²) in [6, 6.07) is 2.00. The largest absolute Gasteiger partial charge is 0.294 e. The highest BCUT2D eigenvalue weighted by molar-refractivity contribution is 7.10. The van der Waals surface area contributed by atoms with E-state index in [0.29, 0.717) is 11.7 Å². The van der Waals surface area contributed by atoms with Crippen molar-refractivity contribution in [2.24, 2.45) is 17.8 Å². The first kappa shape index (κ1) is 10.5. The quantitative estimate of drug-likeness (QED) is 0.721. The third kappa shape index (κ3) is 1.73. The first-order valence-electron chi connectivity index (χ1n) is 6.31. The second-order valence-electron chi connectivity index (χ2n) is 5.45. The Labute approximate surface area is 101 Å². The number of thiophene rings is 1. The highest BCUT2D eigenvalue weighted by Gasteiger charge is 2.40. The molecular weight excluding hydrogens is 216 g/mol. The van der Waals surface area contributed by atoms with E-state index >= 15 is 0 Å². The summed E-state index contributed by atoms with van der Waals surface area (Å²) in [5.41, 5.74) is 0.979. The van der Waals surface area contributed by atoms with Gasteiger partial charge in [0, 0.05) is 16.9 Å². The van der Waals surface area contributed by atoms with Gasteiger partial charge in [0.1, 0.15) is 0 Å². The monoisotopic (exact) mass is 234 g/mol. The molecule has 3 unspecified atom stereocenters. The third-order valence-electron chi connectivity index (χ3n) is 4.49. The van der Waals surface area contributed by atoms with E-state index in [1.807, 2.05) is 11.4 Å². The predicted molar refractivity (Wildman–Crippen MR) is 66.9 cm³/mol. The van der Waals surface area contributed by atoms with Gasteiger partial charge in [-0.2, -0.15) is 0 Å². The second kappa shape index (κ2) is 3.99. The number of Topliss-reactive ketones (excluding diaryl/α,β-unsaturated/α-hetero) is 1. The molecule has 0 spiro atoms. The first-order valence-corrected chi connectivity index (χ1v) is 7.19. The molecule has 1 aromatic rings. The van der Waals surface area contributed by atoms with E-state index in [4.69, 9.17) is 0 Å². The number of ketones is 1. The minimum absolute atomic E-state index is 0.385. The summed E-state index contributed by atoms with van der Waals surface area (Å²) < 4.78 is 0. The van der Waals surface area contributed by atoms with Gasteiger partial charge in [0.05, 0.1) is 0 Å². The van der Waals surface area contributed by atoms with Crippen LogP contribution in [-0.2, 0) is 0 Å². The van der Waals surface area contributed by atoms with Crippen LogP contribution in [0, 0.1) is 24.7 Å². The van der Waals surface area contributed by atoms with Crippen LogP contribution in [0.15, 0.2) is 11.4 Å². The van der Waals surface area contributed by atoms with Crippen molar-refractivity contribution in [1.29, 1.82) is 0 Å². The maximum atomic E-state index is 12.2. The summed E-state index contributed by atoms with van der Waals surface area (Å²) in [5.74, 6) is 2.90. The Hall–Kier alpha value is -0.630. The summed E-state index contributed by atoms with van der Waals surface area (Å²) in [4.78, 5) is 13.4. The molecule has 2 fully saturated rings. The molecule has 3 rings (SSSR count). The Morgan fingerprint density at radius 2 is 2.31 bits per heavy atom. The number of hydrogen-bond donors (Lipinski definition) is 0. The molecule has 16 heavy (non-hydrogen) atoms. The summed E-state index contributed by atoms with van der Waals surface area (Å²) in [5, 5.41) is 2.03. The Morgan fingerprint density at radius 3 is 2.88 bits per heavy atom. The lowest BCUT2D eigenvalue weighted by atomic mass is 9.84. The number of rotatable bonds is 3. The molecule has 0 aliphatic heterocycles. The van der Waals surface area contributed by atoms with Crippen LogP contribution in [0.2, 0.25) is 0 Å². The van der Waals surface area contributed by atoms with Crippen molar-refractivity contribution in [2.75, 3.05) is 0 Å². The molecule has 0 saturated heterocycles. The van der Waals surface area contributed by atoms with Crippen LogP contribution in [-0.4, -0.2) is 5.78 Å². The van der Waals surface area contributed by atoms with Crippen LogP contribution >= 0.6 is 11.3 Å². The van der Waals surface area contributed by atoms with Crippen LogP contribution in [0.4, 0.5) is 0 Å². The van der Waals surface area contributed by atoms with E-state index in [9.17, 15) is 4.79 Å². The van der Waals surface area contributed by atoms with Gasteiger partial charge in [-0.1, -0.05) is 6.42 Å². The standard InChI is InChI=1S/C14H18OS/c1-9-13(4-5-16-9)14(15)8-12-7-10-2-3-11(12)6-10/h4-5,10-12H,2-3,6-8H2,1H3. The van der Waals surface area contributed by atoms with Gasteiger partial charge in [0.25, 0.3) is 0 Å². The highest BCUT2D eigenvalue weighted by atomic mass is 32.1. The number of hydrogen-bond acceptors (Lipinski definition) is 2. The molecule has 0 aromatic carbocycles. The SMILES string of the molecule is Cc1sccc1C(=O)CC1CC2CCC1C2. The van der Waals surface area contributed by atoms with Crippen LogP contribution < -0.4 is 0 Å². The zero-order valence-electron chi connectivity index (χ0n) is 9.74. The highest BCUT2D eigenvalue weighted by Crippen LogP contribution is 2.49. The average Bonchev–Trinajstić information content (AvgIpc) is 2.92. The molecule has 86 valence electrons. The lowest BCUT2D eigenvalue weighted by Crippen LogP contribution is -2.15. The molecule has 0 N–H and O–H groups in total. The van der Waals surface area contributed by atoms with Crippen LogP contribution in [0.5, 0.6) is 0 Å². The van der Waals surface area contributed by atoms with Gasteiger partial charge in [-0.15, -0.1) is 11.3 Å². The topological polar surface area (TPSA) is 17.1 Å². The molecule has 2 heteroatoms. The van der Waals surface area contributed by atoms with E-state index in [2.05, 4.69) is 6.92 Å². The van der Waals surface area contributed by atoms with Gasteiger partial charge in [0.15, 0.2) is 5.78 Å². The maximum Gasteiger partial charge on any atom is 0.164 e. The minimum atomic E-state index is 0.385. The van der Waals surface area contributed by atoms with Crippen molar-refractivity contribution in [3.8, 4) is 0 Å². The molecule has 2 aliphatic rings. The molecule has 1 heterocycles. The molecular formula is C14H18OS. The molecule has 2 bridgehead atoms. The van der Waals surface area contributed by atoms with E-state index in [1.165, 1.54) is 30.6 Å². The molecule has 0 radical (unpaired) electrons. The fraction of sp³-hybridized carbons (Fsp3) is 0.643. The zero-order valence-corrected chi connectivity index (χ0v) is 10.6. The number of carbonyl (C=O) groups excluding carboxylic acids is 1. The van der Waals surface area contributed by atoms with E-state index in [0.717, 1.165) is 23.8 Å². The van der Waals surface area contributed by atoms with Crippen LogP contribution in [0.25, 0.3) is 0 Å². The Kier molecular flexibility index (Phi) is 2.62. The smallest absolute Gasteiger partial charge is 0.164 e. The first-order chi connectivity index (χ1) is 7.74. The minimum Gasteiger partial charge on any atom is -0.294 e. The Bertz CT molecular complexity index is 407. The van der Waals surface area contributed by atoms with Crippen molar-refractivity contribution >= 4 is 17.1 Å². The molecule has 2 aliphatic carbocycles. The summed E-state index contributed by atoms with van der Waals surface area (Å²) in [6.07, 6.45) is 6.33. The van der Waals surface area contributed by atoms with Gasteiger partial charge < -0.3 is 0 Å². The summed E-state index contributed by atoms with van der Waals surface area (Å²) in [7, 11) is 0. The van der Waals surface area contributed by atoms with Crippen molar-refractivity contribution in [2.45, 2.75) is 39.0 Å². The Morgan fingerprint density at radius 1 is 1.44 bits per heavy atom. The van der Waals surface area contributed by atoms with E-state index in [1.54, 1.807) is 11.3 Å². The van der Waals surface area contributed by atoms with Crippen molar-refractivity contribution in [1.82, 2.24) is 0 Å². The fourth-order valence-electron chi connectivity index (χ4n) is 3.65. The molecule has 1 aromatic heterocycles. The number of aryl methyl sites for hydroxylation is 1. The van der Waals surface area contributed by atoms with Crippen molar-refractivity contribution < 1.29 is 4.79 Å². The zero-order chi connectivity index (χ0) is 11.1. The Balaban J connectivity index is 1.67. The van der Waals surface area contributed by atoms with Crippen molar-refractivity contribution in [3.05, 3.63) is 21.9 Å². The lowest BCUT2D eigenvalue weighted by Gasteiger charge is -2.20. The number of carbonyl (C=O) groups is 1. The van der Waals surface area contributed by atoms with Crippen LogP contribution in [0.1, 0.15) is 47.3 Å². The van der Waals surface area contributed by atoms with Gasteiger partial charge in [-0.05, 0) is 55.4 Å². The molecule has 1 nitrogen and oxygen atoms in total. The molecule has 2 saturated carbocycles. The number of fused-ring (bicyclic) bond motifs is 2.